The third kappa shape index (κ3) is 11.6. The first-order valence-corrected chi connectivity index (χ1v) is 22.5. The molecule has 0 aliphatic carbocycles. The molecule has 0 saturated carbocycles. The molecule has 1 unspecified atom stereocenters. The zero-order valence-electron chi connectivity index (χ0n) is 35.8. The summed E-state index contributed by atoms with van der Waals surface area (Å²) in [6.07, 6.45) is 9.27. The zero-order chi connectivity index (χ0) is 47.6. The Kier molecular flexibility index (Phi) is 15.2. The summed E-state index contributed by atoms with van der Waals surface area (Å²) in [5, 5.41) is 6.32. The molecule has 8 rings (SSSR count). The number of anilines is 4. The van der Waals surface area contributed by atoms with Crippen molar-refractivity contribution in [2.24, 2.45) is 0 Å². The summed E-state index contributed by atoms with van der Waals surface area (Å²) in [5.74, 6) is -2.14. The number of halogens is 4. The van der Waals surface area contributed by atoms with Crippen molar-refractivity contribution < 1.29 is 41.2 Å². The van der Waals surface area contributed by atoms with E-state index in [1.54, 1.807) is 60.8 Å². The quantitative estimate of drug-likeness (QED) is 0.0346. The maximum absolute atomic E-state index is 13.9. The van der Waals surface area contributed by atoms with Crippen molar-refractivity contribution in [3.8, 4) is 34.0 Å². The molecule has 4 heterocycles. The number of benzene rings is 4. The van der Waals surface area contributed by atoms with Crippen LogP contribution < -0.4 is 20.1 Å². The average Bonchev–Trinajstić information content (AvgIpc) is 3.35. The first-order chi connectivity index (χ1) is 32.3. The number of carbonyl (C=O) groups excluding carboxylic acids is 2. The van der Waals surface area contributed by atoms with E-state index in [-0.39, 0.29) is 45.0 Å². The van der Waals surface area contributed by atoms with E-state index in [1.807, 2.05) is 12.3 Å². The van der Waals surface area contributed by atoms with Crippen LogP contribution in [0.2, 0.25) is 0 Å². The van der Waals surface area contributed by atoms with E-state index in [2.05, 4.69) is 40.5 Å². The fourth-order valence-corrected chi connectivity index (χ4v) is 7.09. The number of hydrogen-bond donors (Lipinski definition) is 2. The molecule has 338 valence electrons. The summed E-state index contributed by atoms with van der Waals surface area (Å²) < 4.78 is 76.4. The zero-order valence-corrected chi connectivity index (χ0v) is 37.4. The van der Waals surface area contributed by atoms with Crippen LogP contribution in [0, 0.1) is 23.3 Å². The highest BCUT2D eigenvalue weighted by molar-refractivity contribution is 7.98. The number of rotatable bonds is 14. The maximum Gasteiger partial charge on any atom is 0.342 e. The van der Waals surface area contributed by atoms with Crippen LogP contribution in [-0.4, -0.2) is 72.8 Å². The monoisotopic (exact) mass is 944 g/mol. The number of carbonyl (C=O) groups is 2. The minimum absolute atomic E-state index is 0.0552. The lowest BCUT2D eigenvalue weighted by molar-refractivity contribution is 0.102. The Morgan fingerprint density at radius 1 is 0.597 bits per heavy atom. The molecule has 8 aromatic rings. The lowest BCUT2D eigenvalue weighted by atomic mass is 10.00. The molecule has 67 heavy (non-hydrogen) atoms. The fourth-order valence-electron chi connectivity index (χ4n) is 6.30. The number of thioether (sulfide) groups is 1. The molecule has 4 aromatic heterocycles. The van der Waals surface area contributed by atoms with Crippen LogP contribution in [-0.2, 0) is 11.2 Å². The molecule has 13 nitrogen and oxygen atoms in total. The molecule has 19 heteroatoms. The molecule has 0 fully saturated rings. The van der Waals surface area contributed by atoms with Gasteiger partial charge in [0.15, 0.2) is 16.7 Å². The van der Waals surface area contributed by atoms with Gasteiger partial charge in [0.05, 0.1) is 48.1 Å². The number of methoxy groups -OCH3 is 2. The second-order valence-corrected chi connectivity index (χ2v) is 16.0. The van der Waals surface area contributed by atoms with Gasteiger partial charge in [-0.25, -0.2) is 37.5 Å². The predicted molar refractivity (Wildman–Crippen MR) is 247 cm³/mol. The summed E-state index contributed by atoms with van der Waals surface area (Å²) in [6, 6.07) is 26.2. The molecular formula is C48H36F4N8O5S2. The van der Waals surface area contributed by atoms with Crippen molar-refractivity contribution in [1.29, 1.82) is 0 Å². The predicted octanol–water partition coefficient (Wildman–Crippen LogP) is 10.1. The van der Waals surface area contributed by atoms with Gasteiger partial charge in [0.1, 0.15) is 52.7 Å². The van der Waals surface area contributed by atoms with Crippen LogP contribution >= 0.6 is 11.8 Å². The van der Waals surface area contributed by atoms with E-state index in [0.717, 1.165) is 29.8 Å². The Balaban J connectivity index is 0.000000199. The minimum atomic E-state index is -1.35. The summed E-state index contributed by atoms with van der Waals surface area (Å²) in [7, 11) is 2.95. The van der Waals surface area contributed by atoms with Gasteiger partial charge < -0.3 is 24.7 Å². The number of pyridine rings is 2. The second kappa shape index (κ2) is 21.5. The van der Waals surface area contributed by atoms with Gasteiger partial charge in [-0.1, -0.05) is 11.8 Å². The Labute approximate surface area is 388 Å². The van der Waals surface area contributed by atoms with Gasteiger partial charge >= 0.3 is 5.16 Å². The molecule has 1 atom stereocenters. The number of ether oxygens (including phenoxy) is 2. The lowest BCUT2D eigenvalue weighted by Gasteiger charge is -2.11. The first-order valence-electron chi connectivity index (χ1n) is 19.7. The molecule has 4 aromatic carbocycles. The molecule has 2 N–H and O–H groups in total. The van der Waals surface area contributed by atoms with E-state index < -0.39 is 34.4 Å². The molecule has 0 amide bonds. The van der Waals surface area contributed by atoms with Crippen molar-refractivity contribution in [1.82, 2.24) is 29.9 Å². The molecule has 0 radical (unpaired) electrons. The Bertz CT molecular complexity index is 3080. The third-order valence-electron chi connectivity index (χ3n) is 9.63. The van der Waals surface area contributed by atoms with E-state index in [9.17, 15) is 31.7 Å². The van der Waals surface area contributed by atoms with Gasteiger partial charge in [0.25, 0.3) is 0 Å². The summed E-state index contributed by atoms with van der Waals surface area (Å²) in [5.41, 5.74) is 3.93. The standard InChI is InChI=1S/C24H18F2N4O3S.C24H18F2N4O2S/c1-33-21-7-3-14(19-9-10-27-24(30-19)34(2)32)11-17(21)23(31)15-4-8-22(28-13-15)29-20-6-5-16(25)12-18(20)26;1-32-21-7-3-14(19-9-10-27-24(30-19)33-2)11-17(21)23(31)15-4-8-22(28-13-15)29-20-6-5-16(25)12-18(20)26/h3-13H,1-2H3,(H,28,29);3-13H,1-2H3,(H,28,29). The average molecular weight is 945 g/mol. The highest BCUT2D eigenvalue weighted by Crippen LogP contribution is 2.31. The molecule has 0 aliphatic heterocycles. The molecule has 0 saturated heterocycles. The minimum Gasteiger partial charge on any atom is -0.609 e. The molecule has 0 aliphatic rings. The van der Waals surface area contributed by atoms with Crippen molar-refractivity contribution in [3.63, 3.8) is 0 Å². The largest absolute Gasteiger partial charge is 0.609 e. The molecular weight excluding hydrogens is 909 g/mol. The first kappa shape index (κ1) is 47.2. The van der Waals surface area contributed by atoms with Gasteiger partial charge in [-0.05, 0) is 103 Å². The van der Waals surface area contributed by atoms with Gasteiger partial charge in [-0.3, -0.25) is 9.59 Å². The van der Waals surface area contributed by atoms with Gasteiger partial charge in [-0.15, -0.1) is 0 Å². The summed E-state index contributed by atoms with van der Waals surface area (Å²) in [6.45, 7) is 0. The van der Waals surface area contributed by atoms with Crippen LogP contribution in [0.4, 0.5) is 40.6 Å². The highest BCUT2D eigenvalue weighted by atomic mass is 32.2. The summed E-state index contributed by atoms with van der Waals surface area (Å²) in [4.78, 5) is 51.7. The topological polar surface area (TPSA) is 177 Å². The summed E-state index contributed by atoms with van der Waals surface area (Å²) >= 11 is 0.0730. The lowest BCUT2D eigenvalue weighted by Crippen LogP contribution is -2.07. The van der Waals surface area contributed by atoms with Crippen molar-refractivity contribution in [2.75, 3.05) is 37.4 Å². The van der Waals surface area contributed by atoms with Crippen molar-refractivity contribution >= 4 is 57.5 Å². The number of ketones is 2. The molecule has 0 spiro atoms. The van der Waals surface area contributed by atoms with Crippen LogP contribution in [0.5, 0.6) is 11.5 Å². The third-order valence-corrected chi connectivity index (χ3v) is 10.9. The van der Waals surface area contributed by atoms with E-state index in [0.29, 0.717) is 50.6 Å². The van der Waals surface area contributed by atoms with Crippen LogP contribution in [0.25, 0.3) is 22.5 Å². The van der Waals surface area contributed by atoms with E-state index in [1.165, 1.54) is 75.1 Å². The van der Waals surface area contributed by atoms with Gasteiger partial charge in [0.2, 0.25) is 0 Å². The fraction of sp³-hybridized carbons (Fsp3) is 0.0833. The van der Waals surface area contributed by atoms with Crippen molar-refractivity contribution in [2.45, 2.75) is 10.3 Å². The SMILES string of the molecule is COc1ccc(-c2ccnc(SC)n2)cc1C(=O)c1ccc(Nc2ccc(F)cc2F)nc1.COc1ccc(-c2ccnc([S+](C)[O-])n2)cc1C(=O)c1ccc(Nc2ccc(F)cc2F)nc1. The second-order valence-electron chi connectivity index (χ2n) is 14.0. The Hall–Kier alpha value is -7.74. The Morgan fingerprint density at radius 2 is 1.07 bits per heavy atom. The van der Waals surface area contributed by atoms with Crippen LogP contribution in [0.1, 0.15) is 31.8 Å². The Morgan fingerprint density at radius 3 is 1.49 bits per heavy atom. The number of aromatic nitrogens is 6. The highest BCUT2D eigenvalue weighted by Gasteiger charge is 2.20. The molecule has 0 bridgehead atoms. The van der Waals surface area contributed by atoms with E-state index >= 15 is 0 Å². The number of nitrogens with zero attached hydrogens (tertiary/aromatic N) is 6. The van der Waals surface area contributed by atoms with Crippen molar-refractivity contribution in [3.05, 3.63) is 180 Å². The van der Waals surface area contributed by atoms with Crippen LogP contribution in [0.3, 0.4) is 0 Å². The van der Waals surface area contributed by atoms with Crippen LogP contribution in [0.15, 0.2) is 144 Å². The normalized spacial score (nSPS) is 11.2. The maximum atomic E-state index is 13.9. The van der Waals surface area contributed by atoms with Gasteiger partial charge in [-0.2, -0.15) is 9.97 Å². The number of hydrogen-bond acceptors (Lipinski definition) is 14. The number of nitrogens with one attached hydrogen (secondary N) is 2. The van der Waals surface area contributed by atoms with Gasteiger partial charge in [0, 0.05) is 70.3 Å². The van der Waals surface area contributed by atoms with E-state index in [4.69, 9.17) is 9.47 Å². The smallest absolute Gasteiger partial charge is 0.342 e.